The van der Waals surface area contributed by atoms with Crippen molar-refractivity contribution in [3.63, 3.8) is 0 Å². The lowest BCUT2D eigenvalue weighted by molar-refractivity contribution is -0.117. The Kier molecular flexibility index (Phi) is 8.06. The van der Waals surface area contributed by atoms with E-state index >= 15 is 0 Å². The minimum atomic E-state index is -0.394. The standard InChI is InChI=1S/C28H46N4O3/c1-19(31-35-26(34)32(5)17-16-30-15-14-29-4)23-8-9-24-22-7-6-20-18-21(33)10-12-27(20,2)25(22)11-13-28(23,24)3/h18,22-25,29-30H,6-17H2,1-5H3/b31-19+/t22-,23+,24-,25-,27-,28+/m0/s1. The topological polar surface area (TPSA) is 83.0 Å². The van der Waals surface area contributed by atoms with Crippen molar-refractivity contribution in [2.75, 3.05) is 40.3 Å². The number of amides is 1. The van der Waals surface area contributed by atoms with E-state index in [1.165, 1.54) is 31.3 Å². The van der Waals surface area contributed by atoms with Crippen molar-refractivity contribution in [2.45, 2.75) is 72.1 Å². The second-order valence-electron chi connectivity index (χ2n) is 12.0. The van der Waals surface area contributed by atoms with Gasteiger partial charge in [0.2, 0.25) is 0 Å². The maximum absolute atomic E-state index is 12.5. The van der Waals surface area contributed by atoms with E-state index in [0.29, 0.717) is 36.5 Å². The summed E-state index contributed by atoms with van der Waals surface area (Å²) in [5, 5.41) is 10.7. The molecule has 1 amide bonds. The summed E-state index contributed by atoms with van der Waals surface area (Å²) in [5.41, 5.74) is 2.82. The zero-order chi connectivity index (χ0) is 25.2. The van der Waals surface area contributed by atoms with Gasteiger partial charge in [-0.1, -0.05) is 24.6 Å². The molecule has 0 aromatic carbocycles. The Morgan fingerprint density at radius 1 is 1.11 bits per heavy atom. The second-order valence-corrected chi connectivity index (χ2v) is 12.0. The molecule has 0 radical (unpaired) electrons. The summed E-state index contributed by atoms with van der Waals surface area (Å²) in [5.74, 6) is 2.81. The van der Waals surface area contributed by atoms with E-state index in [4.69, 9.17) is 4.84 Å². The molecule has 0 aliphatic heterocycles. The molecule has 0 spiro atoms. The molecule has 6 atom stereocenters. The summed E-state index contributed by atoms with van der Waals surface area (Å²) < 4.78 is 0. The van der Waals surface area contributed by atoms with Crippen LogP contribution in [-0.4, -0.2) is 62.8 Å². The normalized spacial score (nSPS) is 36.7. The van der Waals surface area contributed by atoms with Crippen molar-refractivity contribution < 1.29 is 14.4 Å². The maximum atomic E-state index is 12.5. The number of hydrogen-bond donors (Lipinski definition) is 2. The fraction of sp³-hybridized carbons (Fsp3) is 0.821. The summed E-state index contributed by atoms with van der Waals surface area (Å²) in [7, 11) is 3.68. The lowest BCUT2D eigenvalue weighted by Gasteiger charge is -2.58. The lowest BCUT2D eigenvalue weighted by atomic mass is 9.46. The minimum Gasteiger partial charge on any atom is -0.318 e. The summed E-state index contributed by atoms with van der Waals surface area (Å²) >= 11 is 0. The van der Waals surface area contributed by atoms with Gasteiger partial charge in [-0.25, -0.2) is 4.79 Å². The van der Waals surface area contributed by atoms with E-state index in [-0.39, 0.29) is 10.8 Å². The number of hydrogen-bond acceptors (Lipinski definition) is 6. The molecule has 4 aliphatic carbocycles. The monoisotopic (exact) mass is 486 g/mol. The van der Waals surface area contributed by atoms with Gasteiger partial charge in [0.25, 0.3) is 0 Å². The van der Waals surface area contributed by atoms with Gasteiger partial charge in [-0.05, 0) is 93.6 Å². The number of likely N-dealkylation sites (N-methyl/N-ethyl adjacent to an activating group) is 2. The smallest absolute Gasteiger partial charge is 0.318 e. The van der Waals surface area contributed by atoms with Crippen LogP contribution in [-0.2, 0) is 9.63 Å². The number of nitrogens with one attached hydrogen (secondary N) is 2. The summed E-state index contributed by atoms with van der Waals surface area (Å²) in [6.45, 7) is 10.0. The number of nitrogens with zero attached hydrogens (tertiary/aromatic N) is 2. The van der Waals surface area contributed by atoms with E-state index in [9.17, 15) is 9.59 Å². The number of oxime groups is 1. The molecule has 0 aromatic rings. The first-order valence-corrected chi connectivity index (χ1v) is 13.8. The molecule has 196 valence electrons. The number of fused-ring (bicyclic) bond motifs is 5. The summed E-state index contributed by atoms with van der Waals surface area (Å²) in [4.78, 5) is 31.5. The van der Waals surface area contributed by atoms with Crippen LogP contribution in [0.5, 0.6) is 0 Å². The van der Waals surface area contributed by atoms with E-state index in [1.54, 1.807) is 11.9 Å². The molecule has 3 saturated carbocycles. The maximum Gasteiger partial charge on any atom is 0.435 e. The van der Waals surface area contributed by atoms with Crippen molar-refractivity contribution in [1.82, 2.24) is 15.5 Å². The van der Waals surface area contributed by atoms with Crippen LogP contribution in [0.1, 0.15) is 72.1 Å². The average Bonchev–Trinajstić information content (AvgIpc) is 3.19. The first-order valence-electron chi connectivity index (χ1n) is 13.8. The highest BCUT2D eigenvalue weighted by molar-refractivity contribution is 5.91. The molecule has 0 unspecified atom stereocenters. The predicted molar refractivity (Wildman–Crippen MR) is 139 cm³/mol. The Balaban J connectivity index is 1.37. The fourth-order valence-electron chi connectivity index (χ4n) is 8.17. The number of ketones is 1. The van der Waals surface area contributed by atoms with Crippen molar-refractivity contribution in [3.05, 3.63) is 11.6 Å². The van der Waals surface area contributed by atoms with Gasteiger partial charge in [0, 0.05) is 45.6 Å². The quantitative estimate of drug-likeness (QED) is 0.230. The molecule has 2 N–H and O–H groups in total. The molecule has 4 rings (SSSR count). The van der Waals surface area contributed by atoms with Gasteiger partial charge in [-0.15, -0.1) is 0 Å². The van der Waals surface area contributed by atoms with Gasteiger partial charge in [0.05, 0.1) is 5.71 Å². The van der Waals surface area contributed by atoms with Crippen molar-refractivity contribution in [2.24, 2.45) is 39.7 Å². The molecular formula is C28H46N4O3. The van der Waals surface area contributed by atoms with E-state index in [0.717, 1.165) is 50.5 Å². The zero-order valence-electron chi connectivity index (χ0n) is 22.5. The van der Waals surface area contributed by atoms with Crippen molar-refractivity contribution >= 4 is 17.6 Å². The third kappa shape index (κ3) is 5.08. The van der Waals surface area contributed by atoms with Crippen LogP contribution in [0.4, 0.5) is 4.79 Å². The van der Waals surface area contributed by atoms with Gasteiger partial charge in [0.15, 0.2) is 5.78 Å². The third-order valence-corrected chi connectivity index (χ3v) is 10.2. The highest BCUT2D eigenvalue weighted by Gasteiger charge is 2.59. The number of carbonyl (C=O) groups excluding carboxylic acids is 2. The van der Waals surface area contributed by atoms with Crippen LogP contribution in [0.3, 0.4) is 0 Å². The lowest BCUT2D eigenvalue weighted by Crippen LogP contribution is -2.51. The largest absolute Gasteiger partial charge is 0.435 e. The number of allylic oxidation sites excluding steroid dienone is 1. The van der Waals surface area contributed by atoms with Crippen molar-refractivity contribution in [1.29, 1.82) is 0 Å². The van der Waals surface area contributed by atoms with E-state index < -0.39 is 6.09 Å². The Morgan fingerprint density at radius 3 is 2.69 bits per heavy atom. The van der Waals surface area contributed by atoms with Crippen LogP contribution in [0.15, 0.2) is 16.8 Å². The van der Waals surface area contributed by atoms with Gasteiger partial charge in [0.1, 0.15) is 0 Å². The molecule has 0 saturated heterocycles. The van der Waals surface area contributed by atoms with Crippen molar-refractivity contribution in [3.8, 4) is 0 Å². The molecular weight excluding hydrogens is 440 g/mol. The van der Waals surface area contributed by atoms with Gasteiger partial charge in [-0.2, -0.15) is 0 Å². The van der Waals surface area contributed by atoms with Gasteiger partial charge >= 0.3 is 6.09 Å². The number of rotatable bonds is 8. The molecule has 3 fully saturated rings. The molecule has 0 bridgehead atoms. The molecule has 35 heavy (non-hydrogen) atoms. The van der Waals surface area contributed by atoms with Gasteiger partial charge in [-0.3, -0.25) is 9.63 Å². The molecule has 7 nitrogen and oxygen atoms in total. The molecule has 0 aromatic heterocycles. The molecule has 7 heteroatoms. The molecule has 0 heterocycles. The fourth-order valence-corrected chi connectivity index (χ4v) is 8.17. The Labute approximate surface area is 211 Å². The van der Waals surface area contributed by atoms with Crippen LogP contribution in [0, 0.1) is 34.5 Å². The highest BCUT2D eigenvalue weighted by Crippen LogP contribution is 2.66. The Hall–Kier alpha value is -1.73. The van der Waals surface area contributed by atoms with Crippen LogP contribution >= 0.6 is 0 Å². The first-order chi connectivity index (χ1) is 16.7. The third-order valence-electron chi connectivity index (χ3n) is 10.2. The Bertz CT molecular complexity index is 870. The van der Waals surface area contributed by atoms with Crippen LogP contribution < -0.4 is 10.6 Å². The number of carbonyl (C=O) groups is 2. The SMILES string of the molecule is CNCCNCCN(C)C(=O)O/N=C(\C)[C@H]1CC[C@H]2[C@@H]3CCC4=CC(=O)CC[C@]4(C)[C@H]3CC[C@]12C. The second kappa shape index (κ2) is 10.7. The van der Waals surface area contributed by atoms with E-state index in [1.807, 2.05) is 20.0 Å². The van der Waals surface area contributed by atoms with Crippen LogP contribution in [0.25, 0.3) is 0 Å². The van der Waals surface area contributed by atoms with Crippen LogP contribution in [0.2, 0.25) is 0 Å². The van der Waals surface area contributed by atoms with Gasteiger partial charge < -0.3 is 15.5 Å². The predicted octanol–water partition coefficient (Wildman–Crippen LogP) is 4.39. The minimum absolute atomic E-state index is 0.210. The Morgan fingerprint density at radius 2 is 1.91 bits per heavy atom. The first kappa shape index (κ1) is 26.3. The zero-order valence-corrected chi connectivity index (χ0v) is 22.5. The highest BCUT2D eigenvalue weighted by atomic mass is 16.7. The summed E-state index contributed by atoms with van der Waals surface area (Å²) in [6, 6.07) is 0. The summed E-state index contributed by atoms with van der Waals surface area (Å²) in [6.07, 6.45) is 10.4. The van der Waals surface area contributed by atoms with E-state index in [2.05, 4.69) is 29.6 Å². The average molecular weight is 487 g/mol. The molecule has 4 aliphatic rings.